The SMILES string of the molecule is O=C1OC(/C=C/c2ccccc2)=NC/1=C/c1ccc([N+](=O)[O-])cc1. The molecule has 3 rings (SSSR count). The first-order valence-electron chi connectivity index (χ1n) is 7.12. The van der Waals surface area contributed by atoms with Crippen molar-refractivity contribution >= 4 is 29.7 Å². The second kappa shape index (κ2) is 6.70. The molecule has 0 unspecified atom stereocenters. The van der Waals surface area contributed by atoms with Crippen LogP contribution >= 0.6 is 0 Å². The standard InChI is InChI=1S/C18H12N2O4/c21-18-16(12-14-6-9-15(10-7-14)20(22)23)19-17(24-18)11-8-13-4-2-1-3-5-13/h1-12H/b11-8+,16-12+. The van der Waals surface area contributed by atoms with Crippen LogP contribution in [0.2, 0.25) is 0 Å². The summed E-state index contributed by atoms with van der Waals surface area (Å²) in [6.45, 7) is 0. The number of benzene rings is 2. The molecule has 1 heterocycles. The minimum Gasteiger partial charge on any atom is -0.403 e. The normalized spacial score (nSPS) is 15.6. The second-order valence-electron chi connectivity index (χ2n) is 4.96. The maximum atomic E-state index is 11.8. The number of hydrogen-bond acceptors (Lipinski definition) is 5. The van der Waals surface area contributed by atoms with Crippen molar-refractivity contribution in [1.29, 1.82) is 0 Å². The number of aliphatic imine (C=N–C) groups is 1. The van der Waals surface area contributed by atoms with Gasteiger partial charge < -0.3 is 4.74 Å². The lowest BCUT2D eigenvalue weighted by Gasteiger charge is -1.94. The number of nitro benzene ring substituents is 1. The van der Waals surface area contributed by atoms with E-state index in [9.17, 15) is 14.9 Å². The van der Waals surface area contributed by atoms with Crippen molar-refractivity contribution in [3.8, 4) is 0 Å². The van der Waals surface area contributed by atoms with Crippen LogP contribution in [-0.2, 0) is 9.53 Å². The number of cyclic esters (lactones) is 1. The lowest BCUT2D eigenvalue weighted by molar-refractivity contribution is -0.384. The third-order valence-electron chi connectivity index (χ3n) is 3.26. The van der Waals surface area contributed by atoms with Crippen molar-refractivity contribution in [3.05, 3.63) is 87.6 Å². The minimum absolute atomic E-state index is 0.0128. The van der Waals surface area contributed by atoms with E-state index < -0.39 is 10.9 Å². The van der Waals surface area contributed by atoms with Crippen LogP contribution in [0, 0.1) is 10.1 Å². The van der Waals surface area contributed by atoms with E-state index in [2.05, 4.69) is 4.99 Å². The largest absolute Gasteiger partial charge is 0.403 e. The molecule has 0 amide bonds. The quantitative estimate of drug-likeness (QED) is 0.373. The van der Waals surface area contributed by atoms with Gasteiger partial charge in [0, 0.05) is 18.2 Å². The summed E-state index contributed by atoms with van der Waals surface area (Å²) < 4.78 is 5.08. The molecule has 0 fully saturated rings. The van der Waals surface area contributed by atoms with Crippen LogP contribution in [0.4, 0.5) is 5.69 Å². The van der Waals surface area contributed by atoms with Crippen molar-refractivity contribution in [3.63, 3.8) is 0 Å². The number of nitro groups is 1. The Kier molecular flexibility index (Phi) is 4.29. The van der Waals surface area contributed by atoms with Gasteiger partial charge in [0.25, 0.3) is 5.69 Å². The molecule has 2 aromatic rings. The van der Waals surface area contributed by atoms with Gasteiger partial charge in [0.05, 0.1) is 4.92 Å². The summed E-state index contributed by atoms with van der Waals surface area (Å²) in [5.41, 5.74) is 1.73. The maximum Gasteiger partial charge on any atom is 0.363 e. The first-order chi connectivity index (χ1) is 11.6. The lowest BCUT2D eigenvalue weighted by Crippen LogP contribution is -2.01. The molecule has 6 nitrogen and oxygen atoms in total. The number of ether oxygens (including phenoxy) is 1. The number of esters is 1. The van der Waals surface area contributed by atoms with Crippen LogP contribution < -0.4 is 0 Å². The van der Waals surface area contributed by atoms with Gasteiger partial charge in [-0.05, 0) is 35.4 Å². The Labute approximate surface area is 137 Å². The van der Waals surface area contributed by atoms with Crippen molar-refractivity contribution in [2.24, 2.45) is 4.99 Å². The average Bonchev–Trinajstić information content (AvgIpc) is 2.94. The van der Waals surface area contributed by atoms with Crippen molar-refractivity contribution < 1.29 is 14.5 Å². The zero-order valence-corrected chi connectivity index (χ0v) is 12.5. The molecule has 1 aliphatic rings. The molecule has 0 bridgehead atoms. The smallest absolute Gasteiger partial charge is 0.363 e. The molecule has 6 heteroatoms. The Morgan fingerprint density at radius 3 is 2.33 bits per heavy atom. The third kappa shape index (κ3) is 3.61. The van der Waals surface area contributed by atoms with Crippen molar-refractivity contribution in [2.75, 3.05) is 0 Å². The molecular formula is C18H12N2O4. The predicted molar refractivity (Wildman–Crippen MR) is 90.1 cm³/mol. The molecule has 0 atom stereocenters. The summed E-state index contributed by atoms with van der Waals surface area (Å²) in [5, 5.41) is 10.6. The van der Waals surface area contributed by atoms with Gasteiger partial charge in [0.1, 0.15) is 0 Å². The van der Waals surface area contributed by atoms with Gasteiger partial charge in [-0.2, -0.15) is 0 Å². The Morgan fingerprint density at radius 1 is 0.958 bits per heavy atom. The Hall–Kier alpha value is -3.54. The molecule has 2 aromatic carbocycles. The summed E-state index contributed by atoms with van der Waals surface area (Å²) in [6, 6.07) is 15.4. The molecule has 0 N–H and O–H groups in total. The van der Waals surface area contributed by atoms with Gasteiger partial charge in [-0.3, -0.25) is 10.1 Å². The van der Waals surface area contributed by atoms with E-state index in [0.29, 0.717) is 5.56 Å². The van der Waals surface area contributed by atoms with E-state index in [-0.39, 0.29) is 17.3 Å². The van der Waals surface area contributed by atoms with E-state index in [4.69, 9.17) is 4.74 Å². The van der Waals surface area contributed by atoms with E-state index in [1.54, 1.807) is 24.3 Å². The topological polar surface area (TPSA) is 81.8 Å². The number of hydrogen-bond donors (Lipinski definition) is 0. The number of non-ortho nitro benzene ring substituents is 1. The zero-order valence-electron chi connectivity index (χ0n) is 12.5. The Balaban J connectivity index is 1.78. The summed E-state index contributed by atoms with van der Waals surface area (Å²) in [6.07, 6.45) is 4.93. The summed E-state index contributed by atoms with van der Waals surface area (Å²) in [4.78, 5) is 26.1. The molecule has 0 radical (unpaired) electrons. The molecule has 118 valence electrons. The fourth-order valence-corrected chi connectivity index (χ4v) is 2.08. The maximum absolute atomic E-state index is 11.8. The molecule has 0 aromatic heterocycles. The third-order valence-corrected chi connectivity index (χ3v) is 3.26. The van der Waals surface area contributed by atoms with Gasteiger partial charge in [0.15, 0.2) is 5.70 Å². The molecular weight excluding hydrogens is 308 g/mol. The first kappa shape index (κ1) is 15.4. The molecule has 0 spiro atoms. The van der Waals surface area contributed by atoms with Crippen LogP contribution in [0.1, 0.15) is 11.1 Å². The summed E-state index contributed by atoms with van der Waals surface area (Å²) in [7, 11) is 0. The highest BCUT2D eigenvalue weighted by atomic mass is 16.6. The van der Waals surface area contributed by atoms with Crippen LogP contribution in [0.15, 0.2) is 71.4 Å². The lowest BCUT2D eigenvalue weighted by atomic mass is 10.2. The van der Waals surface area contributed by atoms with Gasteiger partial charge in [-0.1, -0.05) is 30.3 Å². The monoisotopic (exact) mass is 320 g/mol. The summed E-state index contributed by atoms with van der Waals surface area (Å²) >= 11 is 0. The van der Waals surface area contributed by atoms with Crippen molar-refractivity contribution in [1.82, 2.24) is 0 Å². The second-order valence-corrected chi connectivity index (χ2v) is 4.96. The minimum atomic E-state index is -0.555. The van der Waals surface area contributed by atoms with E-state index >= 15 is 0 Å². The Morgan fingerprint density at radius 2 is 1.67 bits per heavy atom. The van der Waals surface area contributed by atoms with E-state index in [1.807, 2.05) is 30.3 Å². The number of carbonyl (C=O) groups excluding carboxylic acids is 1. The highest BCUT2D eigenvalue weighted by Crippen LogP contribution is 2.18. The van der Waals surface area contributed by atoms with Crippen LogP contribution in [0.25, 0.3) is 12.2 Å². The predicted octanol–water partition coefficient (Wildman–Crippen LogP) is 3.60. The Bertz CT molecular complexity index is 866. The van der Waals surface area contributed by atoms with Gasteiger partial charge in [-0.25, -0.2) is 9.79 Å². The van der Waals surface area contributed by atoms with Gasteiger partial charge >= 0.3 is 5.97 Å². The van der Waals surface area contributed by atoms with Gasteiger partial charge in [0.2, 0.25) is 5.90 Å². The number of rotatable bonds is 4. The van der Waals surface area contributed by atoms with E-state index in [1.165, 1.54) is 18.2 Å². The first-order valence-corrected chi connectivity index (χ1v) is 7.12. The highest BCUT2D eigenvalue weighted by Gasteiger charge is 2.21. The zero-order chi connectivity index (χ0) is 16.9. The molecule has 24 heavy (non-hydrogen) atoms. The number of carbonyl (C=O) groups is 1. The summed E-state index contributed by atoms with van der Waals surface area (Å²) in [5.74, 6) is -0.349. The fraction of sp³-hybridized carbons (Fsp3) is 0. The fourth-order valence-electron chi connectivity index (χ4n) is 2.08. The van der Waals surface area contributed by atoms with Gasteiger partial charge in [-0.15, -0.1) is 0 Å². The molecule has 0 aliphatic carbocycles. The van der Waals surface area contributed by atoms with Crippen LogP contribution in [-0.4, -0.2) is 16.8 Å². The van der Waals surface area contributed by atoms with Crippen LogP contribution in [0.3, 0.4) is 0 Å². The van der Waals surface area contributed by atoms with Crippen LogP contribution in [0.5, 0.6) is 0 Å². The van der Waals surface area contributed by atoms with Crippen molar-refractivity contribution in [2.45, 2.75) is 0 Å². The van der Waals surface area contributed by atoms with E-state index in [0.717, 1.165) is 5.56 Å². The average molecular weight is 320 g/mol. The molecule has 0 saturated heterocycles. The molecule has 1 aliphatic heterocycles. The molecule has 0 saturated carbocycles. The number of nitrogens with zero attached hydrogens (tertiary/aromatic N) is 2. The highest BCUT2D eigenvalue weighted by molar-refractivity contribution is 6.11.